The number of hydrogen-bond acceptors (Lipinski definition) is 5. The fraction of sp³-hybridized carbons (Fsp3) is 0.182. The SMILES string of the molecule is CC(NS(=O)(=O)c1cc(N)c(F)cc1Br)c1nccs1. The smallest absolute Gasteiger partial charge is 0.242 e. The number of rotatable bonds is 4. The second-order valence-corrected chi connectivity index (χ2v) is 7.48. The lowest BCUT2D eigenvalue weighted by atomic mass is 10.3. The third kappa shape index (κ3) is 3.17. The predicted octanol–water partition coefficient (Wildman–Crippen LogP) is 2.67. The van der Waals surface area contributed by atoms with Gasteiger partial charge in [-0.2, -0.15) is 0 Å². The van der Waals surface area contributed by atoms with Crippen molar-refractivity contribution in [1.29, 1.82) is 0 Å². The normalized spacial score (nSPS) is 13.3. The lowest BCUT2D eigenvalue weighted by molar-refractivity contribution is 0.565. The zero-order valence-corrected chi connectivity index (χ0v) is 13.5. The van der Waals surface area contributed by atoms with E-state index < -0.39 is 21.9 Å². The van der Waals surface area contributed by atoms with E-state index in [9.17, 15) is 12.8 Å². The highest BCUT2D eigenvalue weighted by atomic mass is 79.9. The van der Waals surface area contributed by atoms with Gasteiger partial charge >= 0.3 is 0 Å². The molecule has 0 aliphatic heterocycles. The van der Waals surface area contributed by atoms with E-state index in [0.29, 0.717) is 5.01 Å². The Morgan fingerprint density at radius 1 is 1.50 bits per heavy atom. The molecule has 0 bridgehead atoms. The summed E-state index contributed by atoms with van der Waals surface area (Å²) < 4.78 is 40.4. The van der Waals surface area contributed by atoms with Crippen LogP contribution in [-0.2, 0) is 10.0 Å². The Kier molecular flexibility index (Phi) is 4.43. The molecule has 0 radical (unpaired) electrons. The van der Waals surface area contributed by atoms with Crippen molar-refractivity contribution in [3.8, 4) is 0 Å². The van der Waals surface area contributed by atoms with Crippen LogP contribution in [0.15, 0.2) is 33.1 Å². The lowest BCUT2D eigenvalue weighted by Crippen LogP contribution is -2.27. The number of aromatic nitrogens is 1. The average Bonchev–Trinajstić information content (AvgIpc) is 2.86. The highest BCUT2D eigenvalue weighted by molar-refractivity contribution is 9.10. The zero-order chi connectivity index (χ0) is 14.9. The number of halogens is 2. The van der Waals surface area contributed by atoms with Gasteiger partial charge in [-0.25, -0.2) is 22.5 Å². The number of anilines is 1. The van der Waals surface area contributed by atoms with Gasteiger partial charge in [0.1, 0.15) is 10.8 Å². The van der Waals surface area contributed by atoms with Gasteiger partial charge in [0.25, 0.3) is 0 Å². The van der Waals surface area contributed by atoms with Crippen LogP contribution in [0.25, 0.3) is 0 Å². The Balaban J connectivity index is 2.34. The van der Waals surface area contributed by atoms with Crippen molar-refractivity contribution in [2.45, 2.75) is 17.9 Å². The summed E-state index contributed by atoms with van der Waals surface area (Å²) in [5.74, 6) is -0.677. The van der Waals surface area contributed by atoms with Crippen LogP contribution in [0.3, 0.4) is 0 Å². The number of thiazole rings is 1. The Morgan fingerprint density at radius 2 is 2.20 bits per heavy atom. The molecule has 20 heavy (non-hydrogen) atoms. The number of benzene rings is 1. The number of hydrogen-bond donors (Lipinski definition) is 2. The topological polar surface area (TPSA) is 85.1 Å². The minimum Gasteiger partial charge on any atom is -0.396 e. The lowest BCUT2D eigenvalue weighted by Gasteiger charge is -2.13. The van der Waals surface area contributed by atoms with Crippen LogP contribution >= 0.6 is 27.3 Å². The predicted molar refractivity (Wildman–Crippen MR) is 79.4 cm³/mol. The molecule has 1 aromatic heterocycles. The van der Waals surface area contributed by atoms with Gasteiger partial charge in [0, 0.05) is 16.0 Å². The third-order valence-corrected chi connectivity index (χ3v) is 5.95. The first-order valence-corrected chi connectivity index (χ1v) is 8.63. The molecular weight excluding hydrogens is 369 g/mol. The Hall–Kier alpha value is -1.03. The number of sulfonamides is 1. The first-order chi connectivity index (χ1) is 9.31. The molecule has 0 amide bonds. The summed E-state index contributed by atoms with van der Waals surface area (Å²) in [6.07, 6.45) is 1.59. The first kappa shape index (κ1) is 15.4. The molecule has 0 aliphatic carbocycles. The molecule has 2 rings (SSSR count). The second-order valence-electron chi connectivity index (χ2n) is 4.02. The molecule has 2 aromatic rings. The number of nitrogens with two attached hydrogens (primary N) is 1. The van der Waals surface area contributed by atoms with E-state index in [2.05, 4.69) is 25.6 Å². The third-order valence-electron chi connectivity index (χ3n) is 2.49. The van der Waals surface area contributed by atoms with E-state index in [1.54, 1.807) is 18.5 Å². The van der Waals surface area contributed by atoms with Gasteiger partial charge in [-0.3, -0.25) is 0 Å². The number of nitrogens with one attached hydrogen (secondary N) is 1. The molecule has 1 aromatic carbocycles. The van der Waals surface area contributed by atoms with E-state index in [1.165, 1.54) is 11.3 Å². The maximum Gasteiger partial charge on any atom is 0.242 e. The van der Waals surface area contributed by atoms with E-state index >= 15 is 0 Å². The van der Waals surface area contributed by atoms with E-state index in [0.717, 1.165) is 12.1 Å². The summed E-state index contributed by atoms with van der Waals surface area (Å²) in [7, 11) is -3.83. The fourth-order valence-corrected chi connectivity index (χ4v) is 4.52. The molecule has 0 aliphatic rings. The standard InChI is InChI=1S/C11H11BrFN3O2S2/c1-6(11-15-2-3-19-11)16-20(17,18)10-5-9(14)8(13)4-7(10)12/h2-6,16H,14H2,1H3. The molecular formula is C11H11BrFN3O2S2. The van der Waals surface area contributed by atoms with Crippen LogP contribution in [0.4, 0.5) is 10.1 Å². The second kappa shape index (κ2) is 5.76. The van der Waals surface area contributed by atoms with E-state index in [1.807, 2.05) is 0 Å². The molecule has 0 spiro atoms. The fourth-order valence-electron chi connectivity index (χ4n) is 1.55. The average molecular weight is 380 g/mol. The van der Waals surface area contributed by atoms with Crippen LogP contribution in [-0.4, -0.2) is 13.4 Å². The summed E-state index contributed by atoms with van der Waals surface area (Å²) in [5.41, 5.74) is 5.19. The first-order valence-electron chi connectivity index (χ1n) is 5.47. The van der Waals surface area contributed by atoms with Crippen molar-refractivity contribution < 1.29 is 12.8 Å². The molecule has 1 unspecified atom stereocenters. The minimum absolute atomic E-state index is 0.111. The molecule has 9 heteroatoms. The van der Waals surface area contributed by atoms with Crippen LogP contribution in [0, 0.1) is 5.82 Å². The number of nitrogen functional groups attached to an aromatic ring is 1. The van der Waals surface area contributed by atoms with Crippen LogP contribution in [0.1, 0.15) is 18.0 Å². The molecule has 5 nitrogen and oxygen atoms in total. The van der Waals surface area contributed by atoms with Crippen molar-refractivity contribution in [2.75, 3.05) is 5.73 Å². The number of nitrogens with zero attached hydrogens (tertiary/aromatic N) is 1. The van der Waals surface area contributed by atoms with Crippen molar-refractivity contribution in [2.24, 2.45) is 0 Å². The van der Waals surface area contributed by atoms with Gasteiger partial charge in [0.2, 0.25) is 10.0 Å². The van der Waals surface area contributed by atoms with E-state index in [4.69, 9.17) is 5.73 Å². The largest absolute Gasteiger partial charge is 0.396 e. The Morgan fingerprint density at radius 3 is 2.80 bits per heavy atom. The quantitative estimate of drug-likeness (QED) is 0.799. The summed E-state index contributed by atoms with van der Waals surface area (Å²) >= 11 is 4.37. The van der Waals surface area contributed by atoms with Crippen LogP contribution in [0.2, 0.25) is 0 Å². The maximum atomic E-state index is 13.3. The van der Waals surface area contributed by atoms with Crippen molar-refractivity contribution in [1.82, 2.24) is 9.71 Å². The van der Waals surface area contributed by atoms with Gasteiger partial charge in [-0.1, -0.05) is 0 Å². The Bertz CT molecular complexity index is 720. The van der Waals surface area contributed by atoms with E-state index in [-0.39, 0.29) is 15.1 Å². The summed E-state index contributed by atoms with van der Waals surface area (Å²) in [6.45, 7) is 1.68. The highest BCUT2D eigenvalue weighted by Crippen LogP contribution is 2.28. The minimum atomic E-state index is -3.83. The van der Waals surface area contributed by atoms with Gasteiger partial charge in [0.15, 0.2) is 0 Å². The molecule has 0 fully saturated rings. The van der Waals surface area contributed by atoms with Gasteiger partial charge in [-0.15, -0.1) is 11.3 Å². The van der Waals surface area contributed by atoms with Crippen molar-refractivity contribution in [3.63, 3.8) is 0 Å². The van der Waals surface area contributed by atoms with Gasteiger partial charge in [0.05, 0.1) is 16.6 Å². The summed E-state index contributed by atoms with van der Waals surface area (Å²) in [6, 6.07) is 1.62. The molecule has 1 heterocycles. The molecule has 0 saturated carbocycles. The molecule has 3 N–H and O–H groups in total. The zero-order valence-electron chi connectivity index (χ0n) is 10.3. The molecule has 0 saturated heterocycles. The summed E-state index contributed by atoms with van der Waals surface area (Å²) in [5, 5.41) is 2.39. The van der Waals surface area contributed by atoms with Crippen molar-refractivity contribution >= 4 is 43.0 Å². The summed E-state index contributed by atoms with van der Waals surface area (Å²) in [4.78, 5) is 3.93. The molecule has 108 valence electrons. The van der Waals surface area contributed by atoms with Crippen LogP contribution < -0.4 is 10.5 Å². The Labute approximate surface area is 128 Å². The monoisotopic (exact) mass is 379 g/mol. The van der Waals surface area contributed by atoms with Crippen molar-refractivity contribution in [3.05, 3.63) is 39.0 Å². The van der Waals surface area contributed by atoms with Crippen LogP contribution in [0.5, 0.6) is 0 Å². The maximum absolute atomic E-state index is 13.3. The molecule has 1 atom stereocenters. The van der Waals surface area contributed by atoms with Gasteiger partial charge < -0.3 is 5.73 Å². The highest BCUT2D eigenvalue weighted by Gasteiger charge is 2.23. The van der Waals surface area contributed by atoms with Gasteiger partial charge in [-0.05, 0) is 35.0 Å².